The van der Waals surface area contributed by atoms with Gasteiger partial charge in [0.15, 0.2) is 0 Å². The number of esters is 1. The van der Waals surface area contributed by atoms with Crippen molar-refractivity contribution in [2.45, 2.75) is 26.4 Å². The molecule has 1 aromatic heterocycles. The van der Waals surface area contributed by atoms with E-state index in [4.69, 9.17) is 4.74 Å². The van der Waals surface area contributed by atoms with E-state index in [2.05, 4.69) is 20.2 Å². The largest absolute Gasteiger partial charge is 0.456 e. The van der Waals surface area contributed by atoms with E-state index in [1.54, 1.807) is 0 Å². The van der Waals surface area contributed by atoms with Crippen LogP contribution in [0.15, 0.2) is 12.4 Å². The van der Waals surface area contributed by atoms with E-state index in [1.165, 1.54) is 12.4 Å². The average molecular weight is 264 g/mol. The number of carbonyl (C=O) groups is 1. The van der Waals surface area contributed by atoms with Gasteiger partial charge in [0.05, 0.1) is 5.56 Å². The summed E-state index contributed by atoms with van der Waals surface area (Å²) in [5.41, 5.74) is -0.123. The first-order valence-corrected chi connectivity index (χ1v) is 6.47. The van der Waals surface area contributed by atoms with Crippen molar-refractivity contribution in [3.8, 4) is 0 Å². The molecule has 2 rings (SSSR count). The molecule has 6 heteroatoms. The lowest BCUT2D eigenvalue weighted by molar-refractivity contribution is 0.00686. The monoisotopic (exact) mass is 264 g/mol. The van der Waals surface area contributed by atoms with E-state index in [-0.39, 0.29) is 5.97 Å². The summed E-state index contributed by atoms with van der Waals surface area (Å²) in [6, 6.07) is 0. The first kappa shape index (κ1) is 13.7. The highest BCUT2D eigenvalue weighted by Gasteiger charge is 2.19. The zero-order valence-electron chi connectivity index (χ0n) is 11.6. The maximum Gasteiger partial charge on any atom is 0.341 e. The van der Waals surface area contributed by atoms with Crippen LogP contribution >= 0.6 is 0 Å². The van der Waals surface area contributed by atoms with Gasteiger partial charge in [0, 0.05) is 38.6 Å². The number of hydrogen-bond donors (Lipinski definition) is 1. The van der Waals surface area contributed by atoms with E-state index in [0.29, 0.717) is 11.5 Å². The molecule has 0 radical (unpaired) electrons. The number of anilines is 1. The fraction of sp³-hybridized carbons (Fsp3) is 0.615. The third kappa shape index (κ3) is 3.89. The van der Waals surface area contributed by atoms with E-state index >= 15 is 0 Å². The van der Waals surface area contributed by atoms with Crippen LogP contribution < -0.4 is 10.2 Å². The number of hydrogen-bond acceptors (Lipinski definition) is 6. The Hall–Kier alpha value is -1.69. The minimum Gasteiger partial charge on any atom is -0.456 e. The molecule has 2 heterocycles. The van der Waals surface area contributed by atoms with Crippen molar-refractivity contribution >= 4 is 11.9 Å². The van der Waals surface area contributed by atoms with Crippen molar-refractivity contribution in [2.24, 2.45) is 0 Å². The fourth-order valence-corrected chi connectivity index (χ4v) is 1.79. The quantitative estimate of drug-likeness (QED) is 0.798. The van der Waals surface area contributed by atoms with Gasteiger partial charge in [-0.15, -0.1) is 0 Å². The van der Waals surface area contributed by atoms with Gasteiger partial charge < -0.3 is 15.0 Å². The molecule has 1 aromatic rings. The molecular formula is C13H20N4O2. The Morgan fingerprint density at radius 1 is 1.26 bits per heavy atom. The predicted molar refractivity (Wildman–Crippen MR) is 72.3 cm³/mol. The highest BCUT2D eigenvalue weighted by atomic mass is 16.6. The van der Waals surface area contributed by atoms with Gasteiger partial charge in [0.2, 0.25) is 5.95 Å². The molecule has 0 spiro atoms. The summed E-state index contributed by atoms with van der Waals surface area (Å²) in [7, 11) is 0. The van der Waals surface area contributed by atoms with Gasteiger partial charge in [0.25, 0.3) is 0 Å². The first-order valence-electron chi connectivity index (χ1n) is 6.47. The molecular weight excluding hydrogens is 244 g/mol. The van der Waals surface area contributed by atoms with Crippen molar-refractivity contribution in [3.63, 3.8) is 0 Å². The molecule has 0 aliphatic carbocycles. The maximum atomic E-state index is 11.8. The van der Waals surface area contributed by atoms with Gasteiger partial charge in [-0.05, 0) is 20.8 Å². The molecule has 19 heavy (non-hydrogen) atoms. The molecule has 0 atom stereocenters. The summed E-state index contributed by atoms with van der Waals surface area (Å²) in [5.74, 6) is 0.271. The molecule has 1 N–H and O–H groups in total. The molecule has 1 aliphatic heterocycles. The zero-order chi connectivity index (χ0) is 13.9. The van der Waals surface area contributed by atoms with Crippen LogP contribution in [0, 0.1) is 0 Å². The van der Waals surface area contributed by atoms with Crippen molar-refractivity contribution in [2.75, 3.05) is 31.1 Å². The minimum absolute atomic E-state index is 0.383. The van der Waals surface area contributed by atoms with Gasteiger partial charge >= 0.3 is 5.97 Å². The molecule has 0 bridgehead atoms. The lowest BCUT2D eigenvalue weighted by Crippen LogP contribution is -2.44. The van der Waals surface area contributed by atoms with E-state index in [9.17, 15) is 4.79 Å². The van der Waals surface area contributed by atoms with Crippen molar-refractivity contribution in [3.05, 3.63) is 18.0 Å². The highest BCUT2D eigenvalue weighted by molar-refractivity contribution is 5.89. The molecule has 0 unspecified atom stereocenters. The van der Waals surface area contributed by atoms with Crippen LogP contribution in [0.4, 0.5) is 5.95 Å². The standard InChI is InChI=1S/C13H20N4O2/c1-13(2,3)19-11(18)10-8-15-12(16-9-10)17-6-4-14-5-7-17/h8-9,14H,4-7H2,1-3H3. The van der Waals surface area contributed by atoms with Crippen LogP contribution in [0.25, 0.3) is 0 Å². The summed E-state index contributed by atoms with van der Waals surface area (Å²) >= 11 is 0. The lowest BCUT2D eigenvalue weighted by atomic mass is 10.2. The summed E-state index contributed by atoms with van der Waals surface area (Å²) in [5, 5.41) is 3.27. The van der Waals surface area contributed by atoms with Gasteiger partial charge in [-0.1, -0.05) is 0 Å². The number of nitrogens with one attached hydrogen (secondary N) is 1. The van der Waals surface area contributed by atoms with Crippen LogP contribution in [-0.4, -0.2) is 47.7 Å². The molecule has 1 saturated heterocycles. The molecule has 104 valence electrons. The Morgan fingerprint density at radius 2 is 1.84 bits per heavy atom. The number of aromatic nitrogens is 2. The minimum atomic E-state index is -0.506. The Labute approximate surface area is 113 Å². The summed E-state index contributed by atoms with van der Waals surface area (Å²) in [4.78, 5) is 22.4. The number of rotatable bonds is 2. The second-order valence-electron chi connectivity index (χ2n) is 5.51. The van der Waals surface area contributed by atoms with Crippen LogP contribution in [-0.2, 0) is 4.74 Å². The Balaban J connectivity index is 2.03. The molecule has 1 aliphatic rings. The van der Waals surface area contributed by atoms with Gasteiger partial charge in [-0.25, -0.2) is 14.8 Å². The van der Waals surface area contributed by atoms with Crippen LogP contribution in [0.5, 0.6) is 0 Å². The Kier molecular flexibility index (Phi) is 3.99. The van der Waals surface area contributed by atoms with Crippen molar-refractivity contribution in [1.82, 2.24) is 15.3 Å². The van der Waals surface area contributed by atoms with E-state index < -0.39 is 5.60 Å². The molecule has 0 saturated carbocycles. The fourth-order valence-electron chi connectivity index (χ4n) is 1.79. The lowest BCUT2D eigenvalue weighted by Gasteiger charge is -2.27. The number of carbonyl (C=O) groups excluding carboxylic acids is 1. The summed E-state index contributed by atoms with van der Waals surface area (Å²) < 4.78 is 5.27. The molecule has 6 nitrogen and oxygen atoms in total. The second kappa shape index (κ2) is 5.52. The van der Waals surface area contributed by atoms with E-state index in [1.807, 2.05) is 20.8 Å². The van der Waals surface area contributed by atoms with Gasteiger partial charge in [-0.3, -0.25) is 0 Å². The summed E-state index contributed by atoms with van der Waals surface area (Å²) in [6.07, 6.45) is 3.05. The predicted octanol–water partition coefficient (Wildman–Crippen LogP) is 0.841. The van der Waals surface area contributed by atoms with E-state index in [0.717, 1.165) is 26.2 Å². The van der Waals surface area contributed by atoms with Crippen LogP contribution in [0.3, 0.4) is 0 Å². The third-order valence-corrected chi connectivity index (χ3v) is 2.67. The first-order chi connectivity index (χ1) is 8.96. The Morgan fingerprint density at radius 3 is 2.37 bits per heavy atom. The zero-order valence-corrected chi connectivity index (χ0v) is 11.6. The topological polar surface area (TPSA) is 67.3 Å². The Bertz CT molecular complexity index is 433. The maximum absolute atomic E-state index is 11.8. The van der Waals surface area contributed by atoms with Crippen molar-refractivity contribution in [1.29, 1.82) is 0 Å². The highest BCUT2D eigenvalue weighted by Crippen LogP contribution is 2.13. The van der Waals surface area contributed by atoms with Crippen LogP contribution in [0.2, 0.25) is 0 Å². The van der Waals surface area contributed by atoms with Crippen LogP contribution in [0.1, 0.15) is 31.1 Å². The molecule has 1 fully saturated rings. The number of piperazine rings is 1. The second-order valence-corrected chi connectivity index (χ2v) is 5.51. The summed E-state index contributed by atoms with van der Waals surface area (Å²) in [6.45, 7) is 9.12. The molecule has 0 aromatic carbocycles. The number of ether oxygens (including phenoxy) is 1. The molecule has 0 amide bonds. The SMILES string of the molecule is CC(C)(C)OC(=O)c1cnc(N2CCNCC2)nc1. The van der Waals surface area contributed by atoms with Gasteiger partial charge in [-0.2, -0.15) is 0 Å². The normalized spacial score (nSPS) is 16.3. The smallest absolute Gasteiger partial charge is 0.341 e. The average Bonchev–Trinajstić information content (AvgIpc) is 2.38. The van der Waals surface area contributed by atoms with Crippen molar-refractivity contribution < 1.29 is 9.53 Å². The third-order valence-electron chi connectivity index (χ3n) is 2.67. The number of nitrogens with zero attached hydrogens (tertiary/aromatic N) is 3. The van der Waals surface area contributed by atoms with Gasteiger partial charge in [0.1, 0.15) is 5.60 Å².